The molecular formula is C6H12B3NO2. The third-order valence-electron chi connectivity index (χ3n) is 2.50. The maximum absolute atomic E-state index is 11.4. The Morgan fingerprint density at radius 1 is 1.42 bits per heavy atom. The van der Waals surface area contributed by atoms with Crippen LogP contribution in [-0.4, -0.2) is 35.4 Å². The predicted molar refractivity (Wildman–Crippen MR) is 54.5 cm³/mol. The standard InChI is InChI=1S/C6H12B3NO2/c7-3-1-2-6(8,9)5(12)10-4(3)11/h3H,1-2,7-9H2,(H,10,11,12). The first-order valence-corrected chi connectivity index (χ1v) is 4.29. The van der Waals surface area contributed by atoms with Gasteiger partial charge in [0.15, 0.2) is 0 Å². The maximum atomic E-state index is 11.4. The van der Waals surface area contributed by atoms with Crippen molar-refractivity contribution in [2.24, 2.45) is 0 Å². The quantitative estimate of drug-likeness (QED) is 0.310. The molecule has 1 heterocycles. The van der Waals surface area contributed by atoms with Gasteiger partial charge in [0.1, 0.15) is 23.5 Å². The molecular weight excluding hydrogens is 151 g/mol. The number of imide groups is 1. The van der Waals surface area contributed by atoms with Gasteiger partial charge in [0.2, 0.25) is 11.8 Å². The Kier molecular flexibility index (Phi) is 2.35. The average molecular weight is 163 g/mol. The minimum Gasteiger partial charge on any atom is -0.298 e. The number of hydrogen-bond acceptors (Lipinski definition) is 2. The van der Waals surface area contributed by atoms with Crippen LogP contribution < -0.4 is 5.32 Å². The zero-order valence-corrected chi connectivity index (χ0v) is 7.81. The monoisotopic (exact) mass is 163 g/mol. The second kappa shape index (κ2) is 3.00. The van der Waals surface area contributed by atoms with E-state index in [1.54, 1.807) is 0 Å². The minimum atomic E-state index is -0.388. The molecule has 1 fully saturated rings. The lowest BCUT2D eigenvalue weighted by atomic mass is 9.51. The molecule has 1 N–H and O–H groups in total. The largest absolute Gasteiger partial charge is 0.298 e. The number of carbonyl (C=O) groups excluding carboxylic acids is 2. The highest BCUT2D eigenvalue weighted by Gasteiger charge is 2.33. The summed E-state index contributed by atoms with van der Waals surface area (Å²) in [5, 5.41) is 2.02. The van der Waals surface area contributed by atoms with Gasteiger partial charge in [-0.05, 0) is 11.6 Å². The molecule has 0 bridgehead atoms. The van der Waals surface area contributed by atoms with Gasteiger partial charge in [-0.15, -0.1) is 0 Å². The first-order valence-electron chi connectivity index (χ1n) is 4.29. The molecule has 0 aromatic rings. The van der Waals surface area contributed by atoms with Crippen LogP contribution in [0.2, 0.25) is 11.0 Å². The third kappa shape index (κ3) is 1.73. The fourth-order valence-electron chi connectivity index (χ4n) is 1.23. The molecule has 0 aromatic carbocycles. The Labute approximate surface area is 74.9 Å². The summed E-state index contributed by atoms with van der Waals surface area (Å²) in [4.78, 5) is 22.5. The summed E-state index contributed by atoms with van der Waals surface area (Å²) in [5.74, 6) is -0.307. The Morgan fingerprint density at radius 3 is 2.58 bits per heavy atom. The summed E-state index contributed by atoms with van der Waals surface area (Å²) in [7, 11) is 5.59. The van der Waals surface area contributed by atoms with Crippen LogP contribution >= 0.6 is 0 Å². The van der Waals surface area contributed by atoms with Gasteiger partial charge in [-0.2, -0.15) is 0 Å². The highest BCUT2D eigenvalue weighted by atomic mass is 16.2. The number of hydrogen-bond donors (Lipinski definition) is 1. The van der Waals surface area contributed by atoms with Crippen molar-refractivity contribution in [1.29, 1.82) is 0 Å². The molecule has 62 valence electrons. The molecule has 1 unspecified atom stereocenters. The van der Waals surface area contributed by atoms with Crippen molar-refractivity contribution in [3.63, 3.8) is 0 Å². The number of carbonyl (C=O) groups is 2. The van der Waals surface area contributed by atoms with Crippen molar-refractivity contribution in [2.75, 3.05) is 0 Å². The van der Waals surface area contributed by atoms with Crippen LogP contribution in [0.3, 0.4) is 0 Å². The normalized spacial score (nSPS) is 29.2. The van der Waals surface area contributed by atoms with Gasteiger partial charge in [0.25, 0.3) is 0 Å². The van der Waals surface area contributed by atoms with Crippen LogP contribution in [0, 0.1) is 0 Å². The van der Waals surface area contributed by atoms with E-state index in [1.807, 2.05) is 23.5 Å². The van der Waals surface area contributed by atoms with Crippen molar-refractivity contribution >= 4 is 35.4 Å². The molecule has 0 aromatic heterocycles. The summed E-state index contributed by atoms with van der Waals surface area (Å²) in [6, 6.07) is 0. The molecule has 1 rings (SSSR count). The van der Waals surface area contributed by atoms with E-state index in [0.717, 1.165) is 12.8 Å². The van der Waals surface area contributed by atoms with Crippen molar-refractivity contribution in [3.05, 3.63) is 0 Å². The Balaban J connectivity index is 2.80. The van der Waals surface area contributed by atoms with Crippen molar-refractivity contribution < 1.29 is 9.59 Å². The molecule has 0 spiro atoms. The fourth-order valence-corrected chi connectivity index (χ4v) is 1.23. The van der Waals surface area contributed by atoms with Crippen molar-refractivity contribution in [2.45, 2.75) is 23.9 Å². The molecule has 0 aliphatic carbocycles. The van der Waals surface area contributed by atoms with Crippen LogP contribution in [-0.2, 0) is 9.59 Å². The third-order valence-corrected chi connectivity index (χ3v) is 2.50. The molecule has 1 atom stereocenters. The predicted octanol–water partition coefficient (Wildman–Crippen LogP) is -2.77. The van der Waals surface area contributed by atoms with Crippen LogP contribution in [0.15, 0.2) is 0 Å². The second-order valence-electron chi connectivity index (χ2n) is 4.14. The van der Waals surface area contributed by atoms with Crippen LogP contribution in [0.4, 0.5) is 0 Å². The van der Waals surface area contributed by atoms with E-state index < -0.39 is 0 Å². The Hall–Kier alpha value is -0.665. The van der Waals surface area contributed by atoms with Crippen molar-refractivity contribution in [3.8, 4) is 0 Å². The first kappa shape index (κ1) is 9.42. The molecule has 0 radical (unpaired) electrons. The lowest BCUT2D eigenvalue weighted by Crippen LogP contribution is -2.38. The van der Waals surface area contributed by atoms with Crippen LogP contribution in [0.1, 0.15) is 12.8 Å². The molecule has 6 heteroatoms. The lowest BCUT2D eigenvalue weighted by Gasteiger charge is -2.18. The van der Waals surface area contributed by atoms with Gasteiger partial charge in [-0.25, -0.2) is 0 Å². The zero-order valence-electron chi connectivity index (χ0n) is 7.81. The minimum absolute atomic E-state index is 0.0317. The molecule has 0 saturated carbocycles. The molecule has 1 saturated heterocycles. The molecule has 12 heavy (non-hydrogen) atoms. The smallest absolute Gasteiger partial charge is 0.221 e. The maximum Gasteiger partial charge on any atom is 0.221 e. The van der Waals surface area contributed by atoms with Crippen LogP contribution in [0.5, 0.6) is 0 Å². The highest BCUT2D eigenvalue weighted by molar-refractivity contribution is 6.51. The lowest BCUT2D eigenvalue weighted by molar-refractivity contribution is -0.129. The molecule has 2 amide bonds. The van der Waals surface area contributed by atoms with Gasteiger partial charge in [0, 0.05) is 5.82 Å². The topological polar surface area (TPSA) is 46.2 Å². The van der Waals surface area contributed by atoms with E-state index in [2.05, 4.69) is 5.32 Å². The van der Waals surface area contributed by atoms with Gasteiger partial charge in [-0.1, -0.05) is 6.42 Å². The van der Waals surface area contributed by atoms with E-state index in [4.69, 9.17) is 0 Å². The first-order chi connectivity index (χ1) is 5.43. The molecule has 3 nitrogen and oxygen atoms in total. The van der Waals surface area contributed by atoms with E-state index in [9.17, 15) is 9.59 Å². The number of amides is 2. The van der Waals surface area contributed by atoms with Gasteiger partial charge in [-0.3, -0.25) is 14.9 Å². The second-order valence-corrected chi connectivity index (χ2v) is 4.14. The summed E-state index contributed by atoms with van der Waals surface area (Å²) in [6.45, 7) is 0. The highest BCUT2D eigenvalue weighted by Crippen LogP contribution is 2.29. The van der Waals surface area contributed by atoms with Crippen LogP contribution in [0.25, 0.3) is 0 Å². The van der Waals surface area contributed by atoms with Crippen molar-refractivity contribution in [1.82, 2.24) is 5.32 Å². The molecule has 1 aliphatic rings. The Bertz CT molecular complexity index is 229. The van der Waals surface area contributed by atoms with E-state index in [0.29, 0.717) is 0 Å². The number of rotatable bonds is 0. The molecule has 1 aliphatic heterocycles. The average Bonchev–Trinajstić information content (AvgIpc) is 2.05. The van der Waals surface area contributed by atoms with E-state index in [1.165, 1.54) is 0 Å². The SMILES string of the molecule is BC1CCC(B)(B)C(=O)NC1=O. The summed E-state index contributed by atoms with van der Waals surface area (Å²) in [6.07, 6.45) is 1.58. The summed E-state index contributed by atoms with van der Waals surface area (Å²) >= 11 is 0. The fraction of sp³-hybridized carbons (Fsp3) is 0.667. The Morgan fingerprint density at radius 2 is 2.00 bits per heavy atom. The summed E-state index contributed by atoms with van der Waals surface area (Å²) < 4.78 is 0. The summed E-state index contributed by atoms with van der Waals surface area (Å²) in [5.41, 5.74) is 0. The van der Waals surface area contributed by atoms with Gasteiger partial charge >= 0.3 is 0 Å². The zero-order chi connectivity index (χ0) is 9.35. The van der Waals surface area contributed by atoms with Gasteiger partial charge < -0.3 is 0 Å². The van der Waals surface area contributed by atoms with E-state index >= 15 is 0 Å². The van der Waals surface area contributed by atoms with Gasteiger partial charge in [0.05, 0.1) is 0 Å². The van der Waals surface area contributed by atoms with E-state index in [-0.39, 0.29) is 22.8 Å². The number of nitrogens with one attached hydrogen (secondary N) is 1.